The normalized spacial score (nSPS) is 13.3. The van der Waals surface area contributed by atoms with E-state index in [9.17, 15) is 4.79 Å². The highest BCUT2D eigenvalue weighted by Crippen LogP contribution is 2.26. The first-order valence-corrected chi connectivity index (χ1v) is 9.24. The number of anilines is 2. The first-order chi connectivity index (χ1) is 14.5. The van der Waals surface area contributed by atoms with Crippen LogP contribution >= 0.6 is 0 Å². The van der Waals surface area contributed by atoms with Crippen LogP contribution in [0.4, 0.5) is 11.6 Å². The van der Waals surface area contributed by atoms with E-state index in [2.05, 4.69) is 30.6 Å². The predicted octanol–water partition coefficient (Wildman–Crippen LogP) is 0.735. The van der Waals surface area contributed by atoms with Gasteiger partial charge in [-0.2, -0.15) is 5.10 Å². The summed E-state index contributed by atoms with van der Waals surface area (Å²) in [5.41, 5.74) is 1.19. The third-order valence-electron chi connectivity index (χ3n) is 4.51. The molecule has 0 atom stereocenters. The maximum atomic E-state index is 12.7. The largest absolute Gasteiger partial charge is 0.496 e. The van der Waals surface area contributed by atoms with Crippen LogP contribution in [0.2, 0.25) is 0 Å². The van der Waals surface area contributed by atoms with Gasteiger partial charge in [-0.15, -0.1) is 0 Å². The second kappa shape index (κ2) is 9.65. The van der Waals surface area contributed by atoms with E-state index in [1.54, 1.807) is 29.2 Å². The fourth-order valence-electron chi connectivity index (χ4n) is 3.15. The Morgan fingerprint density at radius 2 is 2.00 bits per heavy atom. The summed E-state index contributed by atoms with van der Waals surface area (Å²) < 4.78 is 7.06. The minimum Gasteiger partial charge on any atom is -0.496 e. The molecule has 1 fully saturated rings. The number of hydrogen-bond donors (Lipinski definition) is 3. The number of methoxy groups -OCH3 is 1. The number of aryl methyl sites for hydroxylation is 1. The summed E-state index contributed by atoms with van der Waals surface area (Å²) in [5, 5.41) is 18.2. The van der Waals surface area contributed by atoms with Crippen molar-refractivity contribution in [2.75, 3.05) is 43.5 Å². The molecule has 3 N–H and O–H groups in total. The van der Waals surface area contributed by atoms with E-state index in [1.165, 1.54) is 7.11 Å². The van der Waals surface area contributed by atoms with Gasteiger partial charge in [0.2, 0.25) is 0 Å². The monoisotopic (exact) mass is 413 g/mol. The van der Waals surface area contributed by atoms with Gasteiger partial charge in [0, 0.05) is 50.9 Å². The smallest absolute Gasteiger partial charge is 0.290 e. The molecule has 1 saturated heterocycles. The van der Waals surface area contributed by atoms with Gasteiger partial charge in [0.15, 0.2) is 5.82 Å². The van der Waals surface area contributed by atoms with Crippen molar-refractivity contribution in [1.29, 1.82) is 0 Å². The number of fused-ring (bicyclic) bond motifs is 1. The van der Waals surface area contributed by atoms with Crippen molar-refractivity contribution < 1.29 is 19.4 Å². The molecule has 0 radical (unpaired) electrons. The third-order valence-corrected chi connectivity index (χ3v) is 4.51. The Hall–Kier alpha value is -3.73. The number of carboxylic acid groups (broad SMARTS) is 1. The summed E-state index contributed by atoms with van der Waals surface area (Å²) in [7, 11) is 3.37. The molecule has 3 aromatic rings. The summed E-state index contributed by atoms with van der Waals surface area (Å²) in [6, 6.07) is 3.52. The number of aromatic nitrogens is 4. The number of amides is 1. The van der Waals surface area contributed by atoms with Crippen LogP contribution in [0.15, 0.2) is 30.7 Å². The maximum absolute atomic E-state index is 12.7. The number of carbonyl (C=O) groups is 2. The molecule has 0 spiro atoms. The molecular formula is C19H23N7O4. The van der Waals surface area contributed by atoms with E-state index in [0.29, 0.717) is 17.1 Å². The van der Waals surface area contributed by atoms with Crippen LogP contribution < -0.4 is 20.3 Å². The zero-order chi connectivity index (χ0) is 21.5. The third kappa shape index (κ3) is 4.81. The number of nitrogens with one attached hydrogen (secondary N) is 2. The molecule has 2 aromatic heterocycles. The Morgan fingerprint density at radius 1 is 1.27 bits per heavy atom. The van der Waals surface area contributed by atoms with Gasteiger partial charge in [-0.1, -0.05) is 0 Å². The van der Waals surface area contributed by atoms with Gasteiger partial charge in [-0.25, -0.2) is 9.97 Å². The number of nitrogens with zero attached hydrogens (tertiary/aromatic N) is 5. The van der Waals surface area contributed by atoms with Crippen LogP contribution in [-0.4, -0.2) is 70.5 Å². The average molecular weight is 413 g/mol. The summed E-state index contributed by atoms with van der Waals surface area (Å²) in [6.07, 6.45) is 5.11. The SMILES string of the molecule is COc1cc2nn(C)cc2cc1C(=O)Nc1cnc(N2CCNCC2)cn1.O=CO. The highest BCUT2D eigenvalue weighted by molar-refractivity contribution is 6.08. The quantitative estimate of drug-likeness (QED) is 0.529. The van der Waals surface area contributed by atoms with Gasteiger partial charge in [0.25, 0.3) is 12.4 Å². The van der Waals surface area contributed by atoms with Crippen molar-refractivity contribution in [3.63, 3.8) is 0 Å². The molecule has 158 valence electrons. The zero-order valence-corrected chi connectivity index (χ0v) is 16.7. The number of piperazine rings is 1. The van der Waals surface area contributed by atoms with E-state index >= 15 is 0 Å². The molecule has 1 amide bonds. The minimum absolute atomic E-state index is 0.250. The molecule has 0 saturated carbocycles. The van der Waals surface area contributed by atoms with Crippen LogP contribution in [-0.2, 0) is 11.8 Å². The highest BCUT2D eigenvalue weighted by Gasteiger charge is 2.17. The lowest BCUT2D eigenvalue weighted by Crippen LogP contribution is -2.43. The fourth-order valence-corrected chi connectivity index (χ4v) is 3.15. The van der Waals surface area contributed by atoms with Gasteiger partial charge < -0.3 is 25.4 Å². The number of benzene rings is 1. The first kappa shape index (κ1) is 21.0. The molecule has 3 heterocycles. The first-order valence-electron chi connectivity index (χ1n) is 9.24. The Kier molecular flexibility index (Phi) is 6.75. The van der Waals surface area contributed by atoms with E-state index in [4.69, 9.17) is 14.6 Å². The van der Waals surface area contributed by atoms with E-state index in [0.717, 1.165) is 42.9 Å². The number of ether oxygens (including phenoxy) is 1. The molecule has 4 rings (SSSR count). The summed E-state index contributed by atoms with van der Waals surface area (Å²) in [4.78, 5) is 32.0. The number of carbonyl (C=O) groups excluding carboxylic acids is 1. The van der Waals surface area contributed by atoms with Crippen molar-refractivity contribution >= 4 is 34.9 Å². The van der Waals surface area contributed by atoms with Crippen LogP contribution in [0.25, 0.3) is 10.9 Å². The molecule has 1 aliphatic heterocycles. The van der Waals surface area contributed by atoms with Crippen LogP contribution in [0.5, 0.6) is 5.75 Å². The molecule has 0 aliphatic carbocycles. The van der Waals surface area contributed by atoms with Crippen molar-refractivity contribution in [2.24, 2.45) is 7.05 Å². The lowest BCUT2D eigenvalue weighted by atomic mass is 10.1. The second-order valence-electron chi connectivity index (χ2n) is 6.47. The molecule has 1 aliphatic rings. The molecule has 11 heteroatoms. The van der Waals surface area contributed by atoms with Gasteiger partial charge in [0.1, 0.15) is 11.6 Å². The predicted molar refractivity (Wildman–Crippen MR) is 111 cm³/mol. The van der Waals surface area contributed by atoms with Gasteiger partial charge in [-0.05, 0) is 6.07 Å². The summed E-state index contributed by atoms with van der Waals surface area (Å²) >= 11 is 0. The van der Waals surface area contributed by atoms with Gasteiger partial charge >= 0.3 is 0 Å². The van der Waals surface area contributed by atoms with Crippen LogP contribution in [0.3, 0.4) is 0 Å². The van der Waals surface area contributed by atoms with Gasteiger partial charge in [-0.3, -0.25) is 14.3 Å². The lowest BCUT2D eigenvalue weighted by molar-refractivity contribution is -0.122. The Bertz CT molecular complexity index is 1010. The Labute approximate surface area is 172 Å². The van der Waals surface area contributed by atoms with E-state index < -0.39 is 0 Å². The summed E-state index contributed by atoms with van der Waals surface area (Å²) in [5.74, 6) is 1.36. The van der Waals surface area contributed by atoms with Crippen LogP contribution in [0, 0.1) is 0 Å². The van der Waals surface area contributed by atoms with Crippen molar-refractivity contribution in [3.05, 3.63) is 36.3 Å². The summed E-state index contributed by atoms with van der Waals surface area (Å²) in [6.45, 7) is 3.39. The fraction of sp³-hybridized carbons (Fsp3) is 0.316. The molecular weight excluding hydrogens is 390 g/mol. The van der Waals surface area contributed by atoms with Crippen molar-refractivity contribution in [2.45, 2.75) is 0 Å². The van der Waals surface area contributed by atoms with Crippen molar-refractivity contribution in [1.82, 2.24) is 25.1 Å². The van der Waals surface area contributed by atoms with Crippen LogP contribution in [0.1, 0.15) is 10.4 Å². The topological polar surface area (TPSA) is 134 Å². The molecule has 0 bridgehead atoms. The molecule has 0 unspecified atom stereocenters. The van der Waals surface area contributed by atoms with Gasteiger partial charge in [0.05, 0.1) is 30.6 Å². The lowest BCUT2D eigenvalue weighted by Gasteiger charge is -2.28. The molecule has 30 heavy (non-hydrogen) atoms. The van der Waals surface area contributed by atoms with Crippen molar-refractivity contribution in [3.8, 4) is 5.75 Å². The number of hydrogen-bond acceptors (Lipinski definition) is 8. The Morgan fingerprint density at radius 3 is 2.63 bits per heavy atom. The van der Waals surface area contributed by atoms with E-state index in [-0.39, 0.29) is 12.4 Å². The average Bonchev–Trinajstić information content (AvgIpc) is 3.13. The zero-order valence-electron chi connectivity index (χ0n) is 16.7. The number of rotatable bonds is 4. The Balaban J connectivity index is 0.000000806. The van der Waals surface area contributed by atoms with E-state index in [1.807, 2.05) is 13.2 Å². The maximum Gasteiger partial charge on any atom is 0.290 e. The highest BCUT2D eigenvalue weighted by atomic mass is 16.5. The standard InChI is InChI=1S/C18H21N7O2.CH2O2/c1-24-11-12-7-13(15(27-2)8-14(12)23-24)18(26)22-16-9-21-17(10-20-16)25-5-3-19-4-6-25;2-1-3/h7-11,19H,3-6H2,1-2H3,(H,20,22,26);1H,(H,2,3). The second-order valence-corrected chi connectivity index (χ2v) is 6.47. The molecule has 11 nitrogen and oxygen atoms in total. The minimum atomic E-state index is -0.304. The molecule has 1 aromatic carbocycles.